The standard InChI is InChI=1S/C11H17N3O2S/c1-8-3-14(4-9(2)16-8)6-12-11(15)10-5-17-7-13-10/h5,7-9H,3-4,6H2,1-2H3,(H,12,15)/t8-,9+. The van der Waals surface area contributed by atoms with E-state index in [-0.39, 0.29) is 18.1 Å². The van der Waals surface area contributed by atoms with E-state index >= 15 is 0 Å². The van der Waals surface area contributed by atoms with Crippen molar-refractivity contribution in [1.29, 1.82) is 0 Å². The number of rotatable bonds is 3. The summed E-state index contributed by atoms with van der Waals surface area (Å²) in [6, 6.07) is 0. The Bertz CT molecular complexity index is 359. The molecule has 1 aromatic rings. The smallest absolute Gasteiger partial charge is 0.271 e. The minimum absolute atomic E-state index is 0.113. The van der Waals surface area contributed by atoms with Gasteiger partial charge in [0.25, 0.3) is 5.91 Å². The van der Waals surface area contributed by atoms with Gasteiger partial charge in [-0.05, 0) is 13.8 Å². The molecule has 94 valence electrons. The Hall–Kier alpha value is -0.980. The van der Waals surface area contributed by atoms with Crippen LogP contribution in [0.4, 0.5) is 0 Å². The van der Waals surface area contributed by atoms with Crippen molar-refractivity contribution >= 4 is 17.2 Å². The number of ether oxygens (including phenoxy) is 1. The summed E-state index contributed by atoms with van der Waals surface area (Å²) < 4.78 is 5.63. The number of nitrogens with one attached hydrogen (secondary N) is 1. The molecule has 0 radical (unpaired) electrons. The van der Waals surface area contributed by atoms with E-state index in [1.807, 2.05) is 13.8 Å². The molecule has 0 saturated carbocycles. The molecule has 1 amide bonds. The molecule has 0 unspecified atom stereocenters. The molecular weight excluding hydrogens is 238 g/mol. The lowest BCUT2D eigenvalue weighted by Gasteiger charge is -2.35. The van der Waals surface area contributed by atoms with Crippen molar-refractivity contribution < 1.29 is 9.53 Å². The molecule has 1 N–H and O–H groups in total. The summed E-state index contributed by atoms with van der Waals surface area (Å²) in [6.07, 6.45) is 0.435. The predicted molar refractivity (Wildman–Crippen MR) is 66.0 cm³/mol. The molecule has 2 heterocycles. The highest BCUT2D eigenvalue weighted by Crippen LogP contribution is 2.09. The first-order valence-corrected chi connectivity index (χ1v) is 6.63. The maximum Gasteiger partial charge on any atom is 0.271 e. The molecule has 1 aliphatic heterocycles. The van der Waals surface area contributed by atoms with Gasteiger partial charge in [-0.25, -0.2) is 4.98 Å². The largest absolute Gasteiger partial charge is 0.373 e. The van der Waals surface area contributed by atoms with Gasteiger partial charge in [-0.15, -0.1) is 11.3 Å². The summed E-state index contributed by atoms with van der Waals surface area (Å²) in [5.74, 6) is -0.113. The number of amides is 1. The second-order valence-corrected chi connectivity index (χ2v) is 5.05. The molecule has 1 fully saturated rings. The van der Waals surface area contributed by atoms with Gasteiger partial charge in [0.2, 0.25) is 0 Å². The van der Waals surface area contributed by atoms with Crippen molar-refractivity contribution in [2.45, 2.75) is 26.1 Å². The lowest BCUT2D eigenvalue weighted by atomic mass is 10.2. The topological polar surface area (TPSA) is 54.5 Å². The van der Waals surface area contributed by atoms with Crippen LogP contribution in [0, 0.1) is 0 Å². The van der Waals surface area contributed by atoms with Gasteiger partial charge in [0.15, 0.2) is 0 Å². The van der Waals surface area contributed by atoms with Crippen LogP contribution in [-0.2, 0) is 4.74 Å². The molecule has 0 spiro atoms. The second-order valence-electron chi connectivity index (χ2n) is 4.33. The van der Waals surface area contributed by atoms with Gasteiger partial charge in [0, 0.05) is 18.5 Å². The van der Waals surface area contributed by atoms with Crippen molar-refractivity contribution in [3.63, 3.8) is 0 Å². The summed E-state index contributed by atoms with van der Waals surface area (Å²) in [5.41, 5.74) is 2.15. The van der Waals surface area contributed by atoms with E-state index in [9.17, 15) is 4.79 Å². The minimum Gasteiger partial charge on any atom is -0.373 e. The maximum absolute atomic E-state index is 11.7. The third-order valence-electron chi connectivity index (χ3n) is 2.62. The SMILES string of the molecule is C[C@@H]1CN(CNC(=O)c2cscn2)C[C@H](C)O1. The summed E-state index contributed by atoms with van der Waals surface area (Å²) >= 11 is 1.42. The van der Waals surface area contributed by atoms with Crippen LogP contribution in [0.3, 0.4) is 0 Å². The van der Waals surface area contributed by atoms with Gasteiger partial charge in [-0.2, -0.15) is 0 Å². The van der Waals surface area contributed by atoms with Crippen molar-refractivity contribution in [3.8, 4) is 0 Å². The van der Waals surface area contributed by atoms with Crippen LogP contribution < -0.4 is 5.32 Å². The third-order valence-corrected chi connectivity index (χ3v) is 3.21. The molecule has 1 aromatic heterocycles. The third kappa shape index (κ3) is 3.49. The summed E-state index contributed by atoms with van der Waals surface area (Å²) in [6.45, 7) is 6.34. The fourth-order valence-electron chi connectivity index (χ4n) is 2.01. The van der Waals surface area contributed by atoms with E-state index in [0.29, 0.717) is 12.4 Å². The molecule has 0 bridgehead atoms. The van der Waals surface area contributed by atoms with E-state index in [4.69, 9.17) is 4.74 Å². The highest BCUT2D eigenvalue weighted by molar-refractivity contribution is 7.07. The first-order chi connectivity index (χ1) is 8.15. The number of carbonyl (C=O) groups is 1. The maximum atomic E-state index is 11.7. The van der Waals surface area contributed by atoms with Crippen molar-refractivity contribution in [3.05, 3.63) is 16.6 Å². The average molecular weight is 255 g/mol. The zero-order valence-electron chi connectivity index (χ0n) is 10.0. The average Bonchev–Trinajstić information content (AvgIpc) is 2.78. The molecular formula is C11H17N3O2S. The Morgan fingerprint density at radius 3 is 2.88 bits per heavy atom. The Labute approximate surface area is 105 Å². The normalized spacial score (nSPS) is 25.8. The Kier molecular flexibility index (Phi) is 4.09. The van der Waals surface area contributed by atoms with Gasteiger partial charge < -0.3 is 10.1 Å². The second kappa shape index (κ2) is 5.57. The highest BCUT2D eigenvalue weighted by Gasteiger charge is 2.22. The quantitative estimate of drug-likeness (QED) is 0.873. The number of hydrogen-bond donors (Lipinski definition) is 1. The Balaban J connectivity index is 1.80. The molecule has 1 aliphatic rings. The summed E-state index contributed by atoms with van der Waals surface area (Å²) in [5, 5.41) is 4.62. The summed E-state index contributed by atoms with van der Waals surface area (Å²) in [4.78, 5) is 17.8. The van der Waals surface area contributed by atoms with Gasteiger partial charge >= 0.3 is 0 Å². The zero-order chi connectivity index (χ0) is 12.3. The fourth-order valence-corrected chi connectivity index (χ4v) is 2.54. The number of morpholine rings is 1. The first-order valence-electron chi connectivity index (χ1n) is 5.69. The summed E-state index contributed by atoms with van der Waals surface area (Å²) in [7, 11) is 0. The molecule has 17 heavy (non-hydrogen) atoms. The number of hydrogen-bond acceptors (Lipinski definition) is 5. The van der Waals surface area contributed by atoms with Gasteiger partial charge in [-0.3, -0.25) is 9.69 Å². The lowest BCUT2D eigenvalue weighted by Crippen LogP contribution is -2.49. The first kappa shape index (κ1) is 12.5. The molecule has 5 nitrogen and oxygen atoms in total. The van der Waals surface area contributed by atoms with E-state index in [0.717, 1.165) is 13.1 Å². The molecule has 2 atom stereocenters. The monoisotopic (exact) mass is 255 g/mol. The highest BCUT2D eigenvalue weighted by atomic mass is 32.1. The van der Waals surface area contributed by atoms with Crippen LogP contribution in [0.1, 0.15) is 24.3 Å². The number of thiazole rings is 1. The van der Waals surface area contributed by atoms with E-state index < -0.39 is 0 Å². The van der Waals surface area contributed by atoms with E-state index in [1.54, 1.807) is 10.9 Å². The Morgan fingerprint density at radius 1 is 1.59 bits per heavy atom. The van der Waals surface area contributed by atoms with Crippen LogP contribution in [0.2, 0.25) is 0 Å². The van der Waals surface area contributed by atoms with Crippen LogP contribution in [0.15, 0.2) is 10.9 Å². The van der Waals surface area contributed by atoms with Gasteiger partial charge in [0.05, 0.1) is 24.4 Å². The van der Waals surface area contributed by atoms with Crippen LogP contribution >= 0.6 is 11.3 Å². The zero-order valence-corrected chi connectivity index (χ0v) is 10.9. The molecule has 1 saturated heterocycles. The van der Waals surface area contributed by atoms with Crippen LogP contribution in [0.5, 0.6) is 0 Å². The van der Waals surface area contributed by atoms with Gasteiger partial charge in [-0.1, -0.05) is 0 Å². The van der Waals surface area contributed by atoms with E-state index in [2.05, 4.69) is 15.2 Å². The van der Waals surface area contributed by atoms with Crippen molar-refractivity contribution in [1.82, 2.24) is 15.2 Å². The van der Waals surface area contributed by atoms with E-state index in [1.165, 1.54) is 11.3 Å². The number of aromatic nitrogens is 1. The number of carbonyl (C=O) groups excluding carboxylic acids is 1. The fraction of sp³-hybridized carbons (Fsp3) is 0.636. The molecule has 0 aromatic carbocycles. The predicted octanol–water partition coefficient (Wildman–Crippen LogP) is 0.940. The van der Waals surface area contributed by atoms with Crippen LogP contribution in [-0.4, -0.2) is 47.8 Å². The number of nitrogens with zero attached hydrogens (tertiary/aromatic N) is 2. The van der Waals surface area contributed by atoms with Crippen molar-refractivity contribution in [2.24, 2.45) is 0 Å². The molecule has 0 aliphatic carbocycles. The van der Waals surface area contributed by atoms with Crippen LogP contribution in [0.25, 0.3) is 0 Å². The molecule has 6 heteroatoms. The molecule has 2 rings (SSSR count). The van der Waals surface area contributed by atoms with Crippen molar-refractivity contribution in [2.75, 3.05) is 19.8 Å². The lowest BCUT2D eigenvalue weighted by molar-refractivity contribution is -0.0692. The van der Waals surface area contributed by atoms with Gasteiger partial charge in [0.1, 0.15) is 5.69 Å². The minimum atomic E-state index is -0.113. The Morgan fingerprint density at radius 2 is 2.29 bits per heavy atom.